The normalized spacial score (nSPS) is 16.9. The Morgan fingerprint density at radius 3 is 2.21 bits per heavy atom. The summed E-state index contributed by atoms with van der Waals surface area (Å²) in [5.41, 5.74) is 2.39. The first kappa shape index (κ1) is 22.4. The standard InChI is InChI=1S/C23H36N2O3/c1-16(2)14-21(23(27)25-10-12-28-13-11-25)24-22(26)15-20(17(3)4)19-8-6-18(5)7-9-19/h6-9,16-17,20-21H,10-15H2,1-5H3,(H,24,26)/t20?,21-/m0/s1. The van der Waals surface area contributed by atoms with E-state index in [1.807, 2.05) is 4.90 Å². The van der Waals surface area contributed by atoms with Gasteiger partial charge in [-0.1, -0.05) is 57.5 Å². The first-order valence-electron chi connectivity index (χ1n) is 10.5. The predicted octanol–water partition coefficient (Wildman–Crippen LogP) is 3.51. The summed E-state index contributed by atoms with van der Waals surface area (Å²) < 4.78 is 5.35. The van der Waals surface area contributed by atoms with E-state index in [-0.39, 0.29) is 17.7 Å². The second kappa shape index (κ2) is 10.6. The van der Waals surface area contributed by atoms with E-state index < -0.39 is 6.04 Å². The average molecular weight is 389 g/mol. The molecule has 1 aliphatic rings. The highest BCUT2D eigenvalue weighted by atomic mass is 16.5. The number of carbonyl (C=O) groups is 2. The van der Waals surface area contributed by atoms with Gasteiger partial charge >= 0.3 is 0 Å². The Morgan fingerprint density at radius 2 is 1.68 bits per heavy atom. The number of hydrogen-bond acceptors (Lipinski definition) is 3. The van der Waals surface area contributed by atoms with Crippen LogP contribution >= 0.6 is 0 Å². The Hall–Kier alpha value is -1.88. The molecule has 0 aromatic heterocycles. The van der Waals surface area contributed by atoms with Crippen LogP contribution in [0.2, 0.25) is 0 Å². The molecule has 156 valence electrons. The van der Waals surface area contributed by atoms with Gasteiger partial charge in [-0.2, -0.15) is 0 Å². The molecule has 1 N–H and O–H groups in total. The minimum Gasteiger partial charge on any atom is -0.378 e. The third-order valence-electron chi connectivity index (χ3n) is 5.38. The molecule has 1 aliphatic heterocycles. The molecule has 5 heteroatoms. The zero-order valence-corrected chi connectivity index (χ0v) is 18.0. The fraction of sp³-hybridized carbons (Fsp3) is 0.652. The third-order valence-corrected chi connectivity index (χ3v) is 5.38. The molecule has 2 rings (SSSR count). The monoisotopic (exact) mass is 388 g/mol. The average Bonchev–Trinajstić information content (AvgIpc) is 2.66. The molecule has 2 atom stereocenters. The first-order valence-corrected chi connectivity index (χ1v) is 10.5. The van der Waals surface area contributed by atoms with Crippen LogP contribution in [0.3, 0.4) is 0 Å². The Kier molecular flexibility index (Phi) is 8.49. The highest BCUT2D eigenvalue weighted by Gasteiger charge is 2.29. The summed E-state index contributed by atoms with van der Waals surface area (Å²) in [5.74, 6) is 0.771. The third kappa shape index (κ3) is 6.62. The van der Waals surface area contributed by atoms with Crippen molar-refractivity contribution in [1.82, 2.24) is 10.2 Å². The van der Waals surface area contributed by atoms with Crippen LogP contribution in [-0.2, 0) is 14.3 Å². The summed E-state index contributed by atoms with van der Waals surface area (Å²) in [4.78, 5) is 27.6. The summed E-state index contributed by atoms with van der Waals surface area (Å²) >= 11 is 0. The van der Waals surface area contributed by atoms with Crippen LogP contribution in [0.5, 0.6) is 0 Å². The zero-order chi connectivity index (χ0) is 20.7. The molecule has 0 bridgehead atoms. The van der Waals surface area contributed by atoms with E-state index in [9.17, 15) is 9.59 Å². The van der Waals surface area contributed by atoms with E-state index in [0.29, 0.717) is 51.0 Å². The van der Waals surface area contributed by atoms with Gasteiger partial charge in [-0.3, -0.25) is 9.59 Å². The Labute approximate surface area is 169 Å². The van der Waals surface area contributed by atoms with Crippen molar-refractivity contribution in [2.24, 2.45) is 11.8 Å². The number of rotatable bonds is 8. The van der Waals surface area contributed by atoms with E-state index >= 15 is 0 Å². The van der Waals surface area contributed by atoms with Gasteiger partial charge in [0.1, 0.15) is 6.04 Å². The maximum atomic E-state index is 13.0. The van der Waals surface area contributed by atoms with Gasteiger partial charge in [0.15, 0.2) is 0 Å². The quantitative estimate of drug-likeness (QED) is 0.741. The van der Waals surface area contributed by atoms with Crippen molar-refractivity contribution in [2.45, 2.75) is 59.4 Å². The van der Waals surface area contributed by atoms with Gasteiger partial charge in [0.05, 0.1) is 13.2 Å². The van der Waals surface area contributed by atoms with Crippen molar-refractivity contribution in [3.63, 3.8) is 0 Å². The molecule has 1 saturated heterocycles. The molecule has 0 radical (unpaired) electrons. The van der Waals surface area contributed by atoms with Gasteiger partial charge in [0.2, 0.25) is 11.8 Å². The highest BCUT2D eigenvalue weighted by molar-refractivity contribution is 5.88. The minimum absolute atomic E-state index is 0.0155. The zero-order valence-electron chi connectivity index (χ0n) is 18.0. The van der Waals surface area contributed by atoms with E-state index in [1.54, 1.807) is 0 Å². The van der Waals surface area contributed by atoms with Crippen LogP contribution in [0.25, 0.3) is 0 Å². The summed E-state index contributed by atoms with van der Waals surface area (Å²) in [5, 5.41) is 3.04. The number of ether oxygens (including phenoxy) is 1. The minimum atomic E-state index is -0.462. The maximum Gasteiger partial charge on any atom is 0.245 e. The van der Waals surface area contributed by atoms with Crippen LogP contribution < -0.4 is 5.32 Å². The van der Waals surface area contributed by atoms with Crippen molar-refractivity contribution in [1.29, 1.82) is 0 Å². The smallest absolute Gasteiger partial charge is 0.245 e. The molecule has 1 fully saturated rings. The molecule has 1 aromatic rings. The number of nitrogens with one attached hydrogen (secondary N) is 1. The van der Waals surface area contributed by atoms with Gasteiger partial charge in [0.25, 0.3) is 0 Å². The lowest BCUT2D eigenvalue weighted by Gasteiger charge is -2.32. The number of aryl methyl sites for hydroxylation is 1. The highest BCUT2D eigenvalue weighted by Crippen LogP contribution is 2.28. The topological polar surface area (TPSA) is 58.6 Å². The second-order valence-electron chi connectivity index (χ2n) is 8.65. The van der Waals surface area contributed by atoms with E-state index in [4.69, 9.17) is 4.74 Å². The molecule has 0 saturated carbocycles. The Balaban J connectivity index is 2.06. The lowest BCUT2D eigenvalue weighted by atomic mass is 9.85. The van der Waals surface area contributed by atoms with E-state index in [1.165, 1.54) is 11.1 Å². The second-order valence-corrected chi connectivity index (χ2v) is 8.65. The lowest BCUT2D eigenvalue weighted by molar-refractivity contribution is -0.140. The van der Waals surface area contributed by atoms with Gasteiger partial charge in [-0.15, -0.1) is 0 Å². The van der Waals surface area contributed by atoms with Gasteiger partial charge < -0.3 is 15.0 Å². The van der Waals surface area contributed by atoms with Crippen LogP contribution in [-0.4, -0.2) is 49.1 Å². The predicted molar refractivity (Wildman–Crippen MR) is 112 cm³/mol. The molecule has 0 spiro atoms. The summed E-state index contributed by atoms with van der Waals surface area (Å²) in [7, 11) is 0. The Morgan fingerprint density at radius 1 is 1.07 bits per heavy atom. The number of benzene rings is 1. The number of nitrogens with zero attached hydrogens (tertiary/aromatic N) is 1. The van der Waals surface area contributed by atoms with Gasteiger partial charge in [-0.05, 0) is 36.7 Å². The summed E-state index contributed by atoms with van der Waals surface area (Å²) in [6.45, 7) is 12.8. The van der Waals surface area contributed by atoms with Crippen molar-refractivity contribution in [2.75, 3.05) is 26.3 Å². The van der Waals surface area contributed by atoms with Gasteiger partial charge in [0, 0.05) is 19.5 Å². The van der Waals surface area contributed by atoms with E-state index in [0.717, 1.165) is 0 Å². The number of hydrogen-bond donors (Lipinski definition) is 1. The van der Waals surface area contributed by atoms with Crippen molar-refractivity contribution < 1.29 is 14.3 Å². The molecule has 2 amide bonds. The Bertz CT molecular complexity index is 634. The SMILES string of the molecule is Cc1ccc(C(CC(=O)N[C@@H](CC(C)C)C(=O)N2CCOCC2)C(C)C)cc1. The summed E-state index contributed by atoms with van der Waals surface area (Å²) in [6, 6.07) is 7.93. The van der Waals surface area contributed by atoms with Crippen molar-refractivity contribution in [3.05, 3.63) is 35.4 Å². The summed E-state index contributed by atoms with van der Waals surface area (Å²) in [6.07, 6.45) is 1.05. The van der Waals surface area contributed by atoms with Crippen LogP contribution in [0.1, 0.15) is 57.6 Å². The fourth-order valence-electron chi connectivity index (χ4n) is 3.70. The first-order chi connectivity index (χ1) is 13.3. The largest absolute Gasteiger partial charge is 0.378 e. The fourth-order valence-corrected chi connectivity index (χ4v) is 3.70. The maximum absolute atomic E-state index is 13.0. The van der Waals surface area contributed by atoms with E-state index in [2.05, 4.69) is 64.2 Å². The number of morpholine rings is 1. The number of carbonyl (C=O) groups excluding carboxylic acids is 2. The molecule has 1 aromatic carbocycles. The van der Waals surface area contributed by atoms with Crippen LogP contribution in [0.4, 0.5) is 0 Å². The molecular formula is C23H36N2O3. The molecule has 1 unspecified atom stereocenters. The van der Waals surface area contributed by atoms with Gasteiger partial charge in [-0.25, -0.2) is 0 Å². The van der Waals surface area contributed by atoms with Crippen LogP contribution in [0.15, 0.2) is 24.3 Å². The molecular weight excluding hydrogens is 352 g/mol. The molecule has 5 nitrogen and oxygen atoms in total. The van der Waals surface area contributed by atoms with Crippen molar-refractivity contribution >= 4 is 11.8 Å². The lowest BCUT2D eigenvalue weighted by Crippen LogP contribution is -2.52. The van der Waals surface area contributed by atoms with Crippen LogP contribution in [0, 0.1) is 18.8 Å². The molecule has 0 aliphatic carbocycles. The number of amides is 2. The van der Waals surface area contributed by atoms with Crippen molar-refractivity contribution in [3.8, 4) is 0 Å². The molecule has 1 heterocycles. The molecule has 28 heavy (non-hydrogen) atoms.